The van der Waals surface area contributed by atoms with E-state index in [2.05, 4.69) is 30.3 Å². The number of carbonyl (C=O) groups excluding carboxylic acids is 1. The third kappa shape index (κ3) is 2.62. The third-order valence-corrected chi connectivity index (χ3v) is 6.29. The van der Waals surface area contributed by atoms with Crippen molar-refractivity contribution in [2.45, 2.75) is 5.16 Å². The number of thioether (sulfide) groups is 1. The highest BCUT2D eigenvalue weighted by Crippen LogP contribution is 2.29. The van der Waals surface area contributed by atoms with Gasteiger partial charge in [-0.1, -0.05) is 41.3 Å². The lowest BCUT2D eigenvalue weighted by Crippen LogP contribution is -2.14. The van der Waals surface area contributed by atoms with Crippen LogP contribution in [0.25, 0.3) is 26.2 Å². The average molecular weight is 398 g/mol. The smallest absolute Gasteiger partial charge is 0.234 e. The van der Waals surface area contributed by atoms with E-state index >= 15 is 0 Å². The maximum Gasteiger partial charge on any atom is 0.234 e. The predicted octanol–water partition coefficient (Wildman–Crippen LogP) is 3.68. The number of benzene rings is 2. The quantitative estimate of drug-likeness (QED) is 0.465. The Bertz CT molecular complexity index is 1260. The van der Waals surface area contributed by atoms with E-state index in [0.29, 0.717) is 16.4 Å². The Morgan fingerprint density at radius 1 is 1.12 bits per heavy atom. The second kappa shape index (κ2) is 6.31. The van der Waals surface area contributed by atoms with Crippen LogP contribution in [-0.4, -0.2) is 35.0 Å². The summed E-state index contributed by atoms with van der Waals surface area (Å²) in [7, 11) is 0. The van der Waals surface area contributed by atoms with Crippen molar-refractivity contribution in [2.75, 3.05) is 11.1 Å². The van der Waals surface area contributed by atoms with E-state index < -0.39 is 0 Å². The van der Waals surface area contributed by atoms with Gasteiger partial charge in [-0.15, -0.1) is 10.2 Å². The Labute approximate surface area is 159 Å². The van der Waals surface area contributed by atoms with E-state index in [0.717, 1.165) is 32.4 Å². The maximum absolute atomic E-state index is 12.4. The van der Waals surface area contributed by atoms with E-state index in [1.54, 1.807) is 11.3 Å². The molecule has 0 unspecified atom stereocenters. The summed E-state index contributed by atoms with van der Waals surface area (Å²) in [6.07, 6.45) is 0. The molecule has 128 valence electrons. The zero-order valence-corrected chi connectivity index (χ0v) is 15.6. The van der Waals surface area contributed by atoms with Gasteiger partial charge in [0.1, 0.15) is 11.0 Å². The number of aromatic nitrogens is 5. The maximum atomic E-state index is 12.4. The molecule has 0 aliphatic carbocycles. The number of fused-ring (bicyclic) bond motifs is 4. The molecule has 3 heterocycles. The Kier molecular flexibility index (Phi) is 3.80. The van der Waals surface area contributed by atoms with Crippen molar-refractivity contribution in [3.63, 3.8) is 0 Å². The molecule has 0 saturated heterocycles. The topological polar surface area (TPSA) is 85.1 Å². The largest absolute Gasteiger partial charge is 0.323 e. The normalized spacial score (nSPS) is 11.5. The Hall–Kier alpha value is -2.56. The molecule has 1 amide bonds. The molecule has 0 bridgehead atoms. The fourth-order valence-electron chi connectivity index (χ4n) is 2.67. The summed E-state index contributed by atoms with van der Waals surface area (Å²) in [6, 6.07) is 13.6. The van der Waals surface area contributed by atoms with Crippen LogP contribution in [0.1, 0.15) is 0 Å². The van der Waals surface area contributed by atoms with Gasteiger partial charge in [0.25, 0.3) is 0 Å². The second-order valence-electron chi connectivity index (χ2n) is 5.44. The number of amides is 1. The fourth-order valence-corrected chi connectivity index (χ4v) is 4.99. The minimum absolute atomic E-state index is 0.119. The minimum atomic E-state index is -0.119. The molecule has 2 aromatic carbocycles. The number of nitrogens with zero attached hydrogens (tertiary/aromatic N) is 5. The van der Waals surface area contributed by atoms with Gasteiger partial charge in [0.15, 0.2) is 5.16 Å². The van der Waals surface area contributed by atoms with Crippen molar-refractivity contribution in [3.8, 4) is 0 Å². The summed E-state index contributed by atoms with van der Waals surface area (Å²) in [4.78, 5) is 13.2. The van der Waals surface area contributed by atoms with E-state index in [4.69, 9.17) is 0 Å². The van der Waals surface area contributed by atoms with Crippen LogP contribution in [0.2, 0.25) is 0 Å². The molecule has 0 aliphatic heterocycles. The van der Waals surface area contributed by atoms with E-state index in [1.165, 1.54) is 11.8 Å². The molecule has 0 radical (unpaired) electrons. The van der Waals surface area contributed by atoms with E-state index in [9.17, 15) is 4.79 Å². The molecular formula is C16H10N6OS3. The van der Waals surface area contributed by atoms with Crippen LogP contribution in [0, 0.1) is 0 Å². The standard InChI is InChI=1S/C16H10N6OS3/c23-13(17-9-4-3-5-10-14(9)21-26-20-10)8-24-15-18-19-16-22(15)11-6-1-2-7-12(11)25-16/h1-7H,8H2,(H,17,23). The highest BCUT2D eigenvalue weighted by molar-refractivity contribution is 7.99. The molecule has 1 N–H and O–H groups in total. The summed E-state index contributed by atoms with van der Waals surface area (Å²) in [5.41, 5.74) is 3.22. The van der Waals surface area contributed by atoms with Gasteiger partial charge in [-0.25, -0.2) is 0 Å². The van der Waals surface area contributed by atoms with Crippen molar-refractivity contribution >= 4 is 72.6 Å². The van der Waals surface area contributed by atoms with Crippen molar-refractivity contribution in [3.05, 3.63) is 42.5 Å². The molecule has 5 rings (SSSR count). The number of hydrogen-bond acceptors (Lipinski definition) is 8. The number of nitrogens with one attached hydrogen (secondary N) is 1. The zero-order chi connectivity index (χ0) is 17.5. The lowest BCUT2D eigenvalue weighted by molar-refractivity contribution is -0.113. The first kappa shape index (κ1) is 15.7. The molecular weight excluding hydrogens is 388 g/mol. The van der Waals surface area contributed by atoms with Gasteiger partial charge in [-0.3, -0.25) is 9.20 Å². The first-order valence-corrected chi connectivity index (χ1v) is 10.2. The van der Waals surface area contributed by atoms with Crippen LogP contribution in [0.3, 0.4) is 0 Å². The number of thiazole rings is 1. The summed E-state index contributed by atoms with van der Waals surface area (Å²) in [5, 5.41) is 12.0. The van der Waals surface area contributed by atoms with Gasteiger partial charge < -0.3 is 5.32 Å². The van der Waals surface area contributed by atoms with E-state index in [1.807, 2.05) is 40.8 Å². The van der Waals surface area contributed by atoms with Crippen molar-refractivity contribution in [2.24, 2.45) is 0 Å². The van der Waals surface area contributed by atoms with Gasteiger partial charge >= 0.3 is 0 Å². The number of carbonyl (C=O) groups is 1. The summed E-state index contributed by atoms with van der Waals surface area (Å²) in [5.74, 6) is 0.116. The highest BCUT2D eigenvalue weighted by atomic mass is 32.2. The number of para-hydroxylation sites is 1. The van der Waals surface area contributed by atoms with Crippen LogP contribution in [-0.2, 0) is 4.79 Å². The van der Waals surface area contributed by atoms with Gasteiger partial charge in [-0.2, -0.15) is 8.75 Å². The second-order valence-corrected chi connectivity index (χ2v) is 7.92. The molecule has 5 aromatic rings. The third-order valence-electron chi connectivity index (χ3n) is 3.80. The summed E-state index contributed by atoms with van der Waals surface area (Å²) < 4.78 is 11.6. The number of rotatable bonds is 4. The molecule has 0 saturated carbocycles. The average Bonchev–Trinajstić information content (AvgIpc) is 3.35. The summed E-state index contributed by atoms with van der Waals surface area (Å²) in [6.45, 7) is 0. The van der Waals surface area contributed by atoms with Crippen LogP contribution in [0.15, 0.2) is 47.6 Å². The molecule has 3 aromatic heterocycles. The fraction of sp³-hybridized carbons (Fsp3) is 0.0625. The lowest BCUT2D eigenvalue weighted by atomic mass is 10.2. The van der Waals surface area contributed by atoms with Crippen LogP contribution < -0.4 is 5.32 Å². The van der Waals surface area contributed by atoms with E-state index in [-0.39, 0.29) is 11.7 Å². The highest BCUT2D eigenvalue weighted by Gasteiger charge is 2.15. The minimum Gasteiger partial charge on any atom is -0.323 e. The Morgan fingerprint density at radius 2 is 2.04 bits per heavy atom. The predicted molar refractivity (Wildman–Crippen MR) is 105 cm³/mol. The van der Waals surface area contributed by atoms with Crippen LogP contribution in [0.4, 0.5) is 5.69 Å². The van der Waals surface area contributed by atoms with Crippen LogP contribution in [0.5, 0.6) is 0 Å². The molecule has 0 atom stereocenters. The van der Waals surface area contributed by atoms with Crippen molar-refractivity contribution < 1.29 is 4.79 Å². The van der Waals surface area contributed by atoms with Gasteiger partial charge in [0.2, 0.25) is 10.9 Å². The monoisotopic (exact) mass is 398 g/mol. The first-order valence-electron chi connectivity index (χ1n) is 7.66. The molecule has 7 nitrogen and oxygen atoms in total. The number of hydrogen-bond donors (Lipinski definition) is 1. The molecule has 0 spiro atoms. The van der Waals surface area contributed by atoms with Crippen LogP contribution >= 0.6 is 34.8 Å². The molecule has 0 fully saturated rings. The SMILES string of the molecule is O=C(CSc1nnc2sc3ccccc3n12)Nc1cccc2nsnc12. The first-order chi connectivity index (χ1) is 12.8. The Morgan fingerprint density at radius 3 is 3.00 bits per heavy atom. The number of anilines is 1. The van der Waals surface area contributed by atoms with Crippen molar-refractivity contribution in [1.82, 2.24) is 23.3 Å². The van der Waals surface area contributed by atoms with Gasteiger partial charge in [0.05, 0.1) is 33.4 Å². The Balaban J connectivity index is 1.37. The molecule has 26 heavy (non-hydrogen) atoms. The lowest BCUT2D eigenvalue weighted by Gasteiger charge is -2.04. The van der Waals surface area contributed by atoms with Gasteiger partial charge in [-0.05, 0) is 24.3 Å². The van der Waals surface area contributed by atoms with Gasteiger partial charge in [0, 0.05) is 0 Å². The van der Waals surface area contributed by atoms with Crippen molar-refractivity contribution in [1.29, 1.82) is 0 Å². The molecule has 10 heteroatoms. The molecule has 0 aliphatic rings. The summed E-state index contributed by atoms with van der Waals surface area (Å²) >= 11 is 4.08. The zero-order valence-electron chi connectivity index (χ0n) is 13.1.